The van der Waals surface area contributed by atoms with Crippen molar-refractivity contribution in [1.82, 2.24) is 9.55 Å². The van der Waals surface area contributed by atoms with Crippen LogP contribution in [0, 0.1) is 19.7 Å². The van der Waals surface area contributed by atoms with E-state index in [1.807, 2.05) is 0 Å². The van der Waals surface area contributed by atoms with Crippen molar-refractivity contribution in [2.45, 2.75) is 13.8 Å². The van der Waals surface area contributed by atoms with E-state index in [0.29, 0.717) is 35.2 Å². The average molecular weight is 293 g/mol. The molecule has 1 aromatic carbocycles. The first-order valence-electron chi connectivity index (χ1n) is 6.25. The van der Waals surface area contributed by atoms with Crippen molar-refractivity contribution in [3.05, 3.63) is 52.0 Å². The molecule has 0 saturated heterocycles. The molecule has 0 aliphatic rings. The van der Waals surface area contributed by atoms with E-state index in [0.717, 1.165) is 0 Å². The Morgan fingerprint density at radius 2 is 2.10 bits per heavy atom. The van der Waals surface area contributed by atoms with Gasteiger partial charge in [0.05, 0.1) is 11.4 Å². The summed E-state index contributed by atoms with van der Waals surface area (Å²) in [5.74, 6) is 0.739. The summed E-state index contributed by atoms with van der Waals surface area (Å²) in [6.07, 6.45) is 0. The second kappa shape index (κ2) is 6.09. The molecule has 0 bridgehead atoms. The van der Waals surface area contributed by atoms with Crippen molar-refractivity contribution in [3.63, 3.8) is 0 Å². The Balaban J connectivity index is 2.45. The van der Waals surface area contributed by atoms with Crippen LogP contribution in [0.2, 0.25) is 0 Å². The van der Waals surface area contributed by atoms with E-state index in [1.165, 1.54) is 16.7 Å². The summed E-state index contributed by atoms with van der Waals surface area (Å²) in [6.45, 7) is 4.05. The van der Waals surface area contributed by atoms with Crippen LogP contribution >= 0.6 is 12.6 Å². The maximum Gasteiger partial charge on any atom is 0.258 e. The standard InChI is InChI=1S/C14H16FN3OS/c1-9-7-14(19)18(10(2)17-9)11-3-4-13(12(15)8-11)16-5-6-20/h3-4,7-8,16,20H,5-6H2,1-2H3. The van der Waals surface area contributed by atoms with Gasteiger partial charge >= 0.3 is 0 Å². The second-order valence-corrected chi connectivity index (χ2v) is 4.88. The number of hydrogen-bond acceptors (Lipinski definition) is 4. The molecule has 6 heteroatoms. The first-order valence-corrected chi connectivity index (χ1v) is 6.88. The summed E-state index contributed by atoms with van der Waals surface area (Å²) in [6, 6.07) is 6.05. The lowest BCUT2D eigenvalue weighted by atomic mass is 10.2. The Labute approximate surface area is 122 Å². The normalized spacial score (nSPS) is 10.6. The highest BCUT2D eigenvalue weighted by Gasteiger charge is 2.09. The molecule has 106 valence electrons. The lowest BCUT2D eigenvalue weighted by Crippen LogP contribution is -2.22. The van der Waals surface area contributed by atoms with Crippen LogP contribution in [0.4, 0.5) is 10.1 Å². The molecule has 2 aromatic rings. The second-order valence-electron chi connectivity index (χ2n) is 4.43. The van der Waals surface area contributed by atoms with E-state index >= 15 is 0 Å². The van der Waals surface area contributed by atoms with E-state index < -0.39 is 5.82 Å². The molecule has 1 heterocycles. The molecule has 0 fully saturated rings. The molecule has 0 unspecified atom stereocenters. The third-order valence-corrected chi connectivity index (χ3v) is 3.08. The summed E-state index contributed by atoms with van der Waals surface area (Å²) in [5, 5.41) is 2.93. The Morgan fingerprint density at radius 1 is 1.35 bits per heavy atom. The highest BCUT2D eigenvalue weighted by molar-refractivity contribution is 7.80. The van der Waals surface area contributed by atoms with Crippen LogP contribution in [0.25, 0.3) is 5.69 Å². The summed E-state index contributed by atoms with van der Waals surface area (Å²) in [7, 11) is 0. The highest BCUT2D eigenvalue weighted by Crippen LogP contribution is 2.18. The predicted octanol–water partition coefficient (Wildman–Crippen LogP) is 2.33. The van der Waals surface area contributed by atoms with Crippen LogP contribution in [0.1, 0.15) is 11.5 Å². The van der Waals surface area contributed by atoms with Crippen molar-refractivity contribution in [2.75, 3.05) is 17.6 Å². The Morgan fingerprint density at radius 3 is 2.70 bits per heavy atom. The summed E-state index contributed by atoms with van der Waals surface area (Å²) in [5.41, 5.74) is 1.30. The quantitative estimate of drug-likeness (QED) is 0.851. The molecule has 0 saturated carbocycles. The van der Waals surface area contributed by atoms with Gasteiger partial charge in [0, 0.05) is 30.1 Å². The number of halogens is 1. The number of benzene rings is 1. The van der Waals surface area contributed by atoms with Gasteiger partial charge in [-0.2, -0.15) is 12.6 Å². The molecule has 0 spiro atoms. The SMILES string of the molecule is Cc1cc(=O)n(-c2ccc(NCCS)c(F)c2)c(C)n1. The van der Waals surface area contributed by atoms with Gasteiger partial charge in [0.25, 0.3) is 5.56 Å². The molecule has 0 aliphatic heterocycles. The van der Waals surface area contributed by atoms with Crippen molar-refractivity contribution in [2.24, 2.45) is 0 Å². The van der Waals surface area contributed by atoms with Crippen LogP contribution < -0.4 is 10.9 Å². The highest BCUT2D eigenvalue weighted by atomic mass is 32.1. The van der Waals surface area contributed by atoms with Gasteiger partial charge in [0.2, 0.25) is 0 Å². The fraction of sp³-hybridized carbons (Fsp3) is 0.286. The molecule has 1 N–H and O–H groups in total. The van der Waals surface area contributed by atoms with Gasteiger partial charge < -0.3 is 5.32 Å². The first kappa shape index (κ1) is 14.6. The number of nitrogens with one attached hydrogen (secondary N) is 1. The van der Waals surface area contributed by atoms with E-state index in [9.17, 15) is 9.18 Å². The number of anilines is 1. The maximum atomic E-state index is 14.0. The minimum Gasteiger partial charge on any atom is -0.382 e. The van der Waals surface area contributed by atoms with Gasteiger partial charge in [-0.05, 0) is 26.0 Å². The molecule has 0 atom stereocenters. The summed E-state index contributed by atoms with van der Waals surface area (Å²) < 4.78 is 15.4. The minimum atomic E-state index is -0.406. The van der Waals surface area contributed by atoms with E-state index in [1.54, 1.807) is 26.0 Å². The molecule has 20 heavy (non-hydrogen) atoms. The number of hydrogen-bond donors (Lipinski definition) is 2. The lowest BCUT2D eigenvalue weighted by Gasteiger charge is -2.12. The molecular formula is C14H16FN3OS. The van der Waals surface area contributed by atoms with E-state index in [-0.39, 0.29) is 5.56 Å². The molecule has 2 rings (SSSR count). The molecule has 0 radical (unpaired) electrons. The summed E-state index contributed by atoms with van der Waals surface area (Å²) in [4.78, 5) is 16.2. The largest absolute Gasteiger partial charge is 0.382 e. The van der Waals surface area contributed by atoms with Gasteiger partial charge in [-0.25, -0.2) is 9.37 Å². The fourth-order valence-corrected chi connectivity index (χ4v) is 2.14. The Kier molecular flexibility index (Phi) is 4.44. The zero-order valence-corrected chi connectivity index (χ0v) is 12.2. The van der Waals surface area contributed by atoms with Crippen molar-refractivity contribution < 1.29 is 4.39 Å². The van der Waals surface area contributed by atoms with Crippen molar-refractivity contribution in [1.29, 1.82) is 0 Å². The molecule has 0 aliphatic carbocycles. The van der Waals surface area contributed by atoms with Gasteiger partial charge in [0.15, 0.2) is 0 Å². The van der Waals surface area contributed by atoms with Crippen LogP contribution in [-0.4, -0.2) is 21.8 Å². The zero-order valence-electron chi connectivity index (χ0n) is 11.4. The van der Waals surface area contributed by atoms with Gasteiger partial charge in [-0.15, -0.1) is 0 Å². The number of nitrogens with zero attached hydrogens (tertiary/aromatic N) is 2. The van der Waals surface area contributed by atoms with Crippen LogP contribution in [0.15, 0.2) is 29.1 Å². The smallest absolute Gasteiger partial charge is 0.258 e. The molecule has 0 amide bonds. The Bertz CT molecular complexity index is 685. The lowest BCUT2D eigenvalue weighted by molar-refractivity contribution is 0.628. The molecule has 1 aromatic heterocycles. The van der Waals surface area contributed by atoms with Crippen LogP contribution in [0.3, 0.4) is 0 Å². The topological polar surface area (TPSA) is 46.9 Å². The van der Waals surface area contributed by atoms with Crippen molar-refractivity contribution in [3.8, 4) is 5.69 Å². The predicted molar refractivity (Wildman–Crippen MR) is 81.6 cm³/mol. The number of thiol groups is 1. The zero-order chi connectivity index (χ0) is 14.7. The molecular weight excluding hydrogens is 277 g/mol. The van der Waals surface area contributed by atoms with Crippen LogP contribution in [0.5, 0.6) is 0 Å². The van der Waals surface area contributed by atoms with Gasteiger partial charge in [-0.1, -0.05) is 0 Å². The van der Waals surface area contributed by atoms with Gasteiger partial charge in [-0.3, -0.25) is 9.36 Å². The van der Waals surface area contributed by atoms with E-state index in [2.05, 4.69) is 22.9 Å². The number of aryl methyl sites for hydroxylation is 2. The fourth-order valence-electron chi connectivity index (χ4n) is 2.03. The third-order valence-electron chi connectivity index (χ3n) is 2.85. The minimum absolute atomic E-state index is 0.217. The number of rotatable bonds is 4. The third kappa shape index (κ3) is 3.01. The van der Waals surface area contributed by atoms with E-state index in [4.69, 9.17) is 0 Å². The molecule has 4 nitrogen and oxygen atoms in total. The first-order chi connectivity index (χ1) is 9.52. The number of aromatic nitrogens is 2. The van der Waals surface area contributed by atoms with Gasteiger partial charge in [0.1, 0.15) is 11.6 Å². The van der Waals surface area contributed by atoms with Crippen LogP contribution in [-0.2, 0) is 0 Å². The average Bonchev–Trinajstić information content (AvgIpc) is 2.36. The Hall–Kier alpha value is -1.82. The monoisotopic (exact) mass is 293 g/mol. The maximum absolute atomic E-state index is 14.0. The summed E-state index contributed by atoms with van der Waals surface area (Å²) >= 11 is 4.06. The van der Waals surface area contributed by atoms with Crippen molar-refractivity contribution >= 4 is 18.3 Å².